The van der Waals surface area contributed by atoms with Gasteiger partial charge in [-0.3, -0.25) is 4.79 Å². The number of amides is 1. The lowest BCUT2D eigenvalue weighted by atomic mass is 10.0. The van der Waals surface area contributed by atoms with Crippen LogP contribution in [-0.2, 0) is 4.79 Å². The van der Waals surface area contributed by atoms with Crippen molar-refractivity contribution in [3.8, 4) is 6.07 Å². The quantitative estimate of drug-likeness (QED) is 0.810. The lowest BCUT2D eigenvalue weighted by Gasteiger charge is -2.00. The second kappa shape index (κ2) is 4.84. The minimum Gasteiger partial charge on any atom is -0.321 e. The third-order valence-electron chi connectivity index (χ3n) is 3.09. The highest BCUT2D eigenvalue weighted by Gasteiger charge is 2.24. The van der Waals surface area contributed by atoms with Crippen LogP contribution in [0.15, 0.2) is 42.5 Å². The van der Waals surface area contributed by atoms with Crippen molar-refractivity contribution >= 4 is 34.8 Å². The molecule has 0 aliphatic carbocycles. The molecular weight excluding hydrogens is 272 g/mol. The summed E-state index contributed by atoms with van der Waals surface area (Å²) < 4.78 is 0. The summed E-state index contributed by atoms with van der Waals surface area (Å²) in [5, 5.41) is 12.3. The molecule has 3 nitrogen and oxygen atoms in total. The standard InChI is InChI=1S/C16H9ClN2O/c17-12-4-5-15-13(8-12)14(16(20)19-15)7-10-2-1-3-11(6-10)9-18/h1-8H,(H,19,20)/b14-7+. The first-order valence-electron chi connectivity index (χ1n) is 6.00. The summed E-state index contributed by atoms with van der Waals surface area (Å²) in [6.45, 7) is 0. The molecule has 0 bridgehead atoms. The molecule has 2 aromatic rings. The molecule has 2 aromatic carbocycles. The van der Waals surface area contributed by atoms with E-state index >= 15 is 0 Å². The molecule has 0 saturated carbocycles. The fourth-order valence-electron chi connectivity index (χ4n) is 2.17. The first kappa shape index (κ1) is 12.5. The van der Waals surface area contributed by atoms with Gasteiger partial charge in [0, 0.05) is 21.8 Å². The van der Waals surface area contributed by atoms with Gasteiger partial charge in [-0.15, -0.1) is 0 Å². The molecule has 0 atom stereocenters. The van der Waals surface area contributed by atoms with Crippen LogP contribution in [0.5, 0.6) is 0 Å². The summed E-state index contributed by atoms with van der Waals surface area (Å²) in [4.78, 5) is 12.0. The Morgan fingerprint density at radius 3 is 2.85 bits per heavy atom. The molecule has 20 heavy (non-hydrogen) atoms. The van der Waals surface area contributed by atoms with Crippen molar-refractivity contribution < 1.29 is 4.79 Å². The van der Waals surface area contributed by atoms with Crippen LogP contribution in [0, 0.1) is 11.3 Å². The number of nitriles is 1. The molecule has 1 aliphatic heterocycles. The van der Waals surface area contributed by atoms with Gasteiger partial charge in [0.15, 0.2) is 0 Å². The van der Waals surface area contributed by atoms with Gasteiger partial charge in [0.1, 0.15) is 0 Å². The SMILES string of the molecule is N#Cc1cccc(/C=C2/C(=O)Nc3ccc(Cl)cc32)c1. The average Bonchev–Trinajstić information content (AvgIpc) is 2.75. The van der Waals surface area contributed by atoms with E-state index in [1.165, 1.54) is 0 Å². The molecular formula is C16H9ClN2O. The lowest BCUT2D eigenvalue weighted by molar-refractivity contribution is -0.110. The van der Waals surface area contributed by atoms with E-state index in [0.29, 0.717) is 16.2 Å². The number of nitrogens with zero attached hydrogens (tertiary/aromatic N) is 1. The highest BCUT2D eigenvalue weighted by Crippen LogP contribution is 2.34. The first-order valence-corrected chi connectivity index (χ1v) is 6.38. The van der Waals surface area contributed by atoms with E-state index in [2.05, 4.69) is 11.4 Å². The first-order chi connectivity index (χ1) is 9.67. The van der Waals surface area contributed by atoms with Crippen LogP contribution in [0.1, 0.15) is 16.7 Å². The van der Waals surface area contributed by atoms with Crippen LogP contribution in [0.3, 0.4) is 0 Å². The van der Waals surface area contributed by atoms with Crippen molar-refractivity contribution in [3.63, 3.8) is 0 Å². The van der Waals surface area contributed by atoms with Crippen LogP contribution in [0.4, 0.5) is 5.69 Å². The molecule has 1 N–H and O–H groups in total. The molecule has 0 radical (unpaired) electrons. The van der Waals surface area contributed by atoms with Crippen molar-refractivity contribution in [3.05, 3.63) is 64.2 Å². The van der Waals surface area contributed by atoms with Gasteiger partial charge in [-0.2, -0.15) is 5.26 Å². The fraction of sp³-hybridized carbons (Fsp3) is 0. The summed E-state index contributed by atoms with van der Waals surface area (Å²) in [5.74, 6) is -0.162. The smallest absolute Gasteiger partial charge is 0.256 e. The van der Waals surface area contributed by atoms with Gasteiger partial charge < -0.3 is 5.32 Å². The maximum atomic E-state index is 12.0. The second-order valence-corrected chi connectivity index (χ2v) is 4.88. The highest BCUT2D eigenvalue weighted by molar-refractivity contribution is 6.36. The van der Waals surface area contributed by atoms with Crippen LogP contribution >= 0.6 is 11.6 Å². The van der Waals surface area contributed by atoms with Gasteiger partial charge in [0.2, 0.25) is 0 Å². The maximum absolute atomic E-state index is 12.0. The topological polar surface area (TPSA) is 52.9 Å². The van der Waals surface area contributed by atoms with Crippen LogP contribution in [-0.4, -0.2) is 5.91 Å². The summed E-state index contributed by atoms with van der Waals surface area (Å²) in [6.07, 6.45) is 1.76. The van der Waals surface area contributed by atoms with Gasteiger partial charge >= 0.3 is 0 Å². The van der Waals surface area contributed by atoms with E-state index in [-0.39, 0.29) is 5.91 Å². The Morgan fingerprint density at radius 1 is 1.20 bits per heavy atom. The molecule has 3 rings (SSSR count). The maximum Gasteiger partial charge on any atom is 0.256 e. The monoisotopic (exact) mass is 280 g/mol. The summed E-state index contributed by atoms with van der Waals surface area (Å²) >= 11 is 5.98. The number of halogens is 1. The molecule has 0 saturated heterocycles. The van der Waals surface area contributed by atoms with Gasteiger partial charge in [-0.05, 0) is 42.0 Å². The van der Waals surface area contributed by atoms with Crippen LogP contribution in [0.25, 0.3) is 11.6 Å². The molecule has 0 aromatic heterocycles. The molecule has 1 aliphatic rings. The Bertz CT molecular complexity index is 787. The number of hydrogen-bond acceptors (Lipinski definition) is 2. The zero-order valence-corrected chi connectivity index (χ0v) is 11.1. The summed E-state index contributed by atoms with van der Waals surface area (Å²) in [7, 11) is 0. The molecule has 0 fully saturated rings. The largest absolute Gasteiger partial charge is 0.321 e. The highest BCUT2D eigenvalue weighted by atomic mass is 35.5. The van der Waals surface area contributed by atoms with Crippen LogP contribution in [0.2, 0.25) is 5.02 Å². The molecule has 96 valence electrons. The molecule has 4 heteroatoms. The fourth-order valence-corrected chi connectivity index (χ4v) is 2.34. The van der Waals surface area contributed by atoms with Crippen molar-refractivity contribution in [1.82, 2.24) is 0 Å². The van der Waals surface area contributed by atoms with Crippen molar-refractivity contribution in [2.24, 2.45) is 0 Å². The molecule has 1 heterocycles. The van der Waals surface area contributed by atoms with E-state index in [9.17, 15) is 4.79 Å². The zero-order valence-electron chi connectivity index (χ0n) is 10.4. The third-order valence-corrected chi connectivity index (χ3v) is 3.33. The van der Waals surface area contributed by atoms with E-state index in [1.807, 2.05) is 6.07 Å². The average molecular weight is 281 g/mol. The molecule has 1 amide bonds. The minimum absolute atomic E-state index is 0.162. The number of nitrogens with one attached hydrogen (secondary N) is 1. The van der Waals surface area contributed by atoms with Gasteiger partial charge in [-0.25, -0.2) is 0 Å². The Hall–Kier alpha value is -2.57. The van der Waals surface area contributed by atoms with Gasteiger partial charge in [-0.1, -0.05) is 23.7 Å². The Morgan fingerprint density at radius 2 is 2.05 bits per heavy atom. The number of carbonyl (C=O) groups is 1. The number of fused-ring (bicyclic) bond motifs is 1. The van der Waals surface area contributed by atoms with Crippen molar-refractivity contribution in [1.29, 1.82) is 5.26 Å². The van der Waals surface area contributed by atoms with E-state index in [1.54, 1.807) is 42.5 Å². The third kappa shape index (κ3) is 2.18. The lowest BCUT2D eigenvalue weighted by Crippen LogP contribution is -2.03. The number of benzene rings is 2. The van der Waals surface area contributed by atoms with Crippen LogP contribution < -0.4 is 5.32 Å². The summed E-state index contributed by atoms with van der Waals surface area (Å²) in [5.41, 5.74) is 3.45. The van der Waals surface area contributed by atoms with Crippen molar-refractivity contribution in [2.45, 2.75) is 0 Å². The second-order valence-electron chi connectivity index (χ2n) is 4.44. The number of anilines is 1. The van der Waals surface area contributed by atoms with Gasteiger partial charge in [0.05, 0.1) is 11.6 Å². The van der Waals surface area contributed by atoms with Gasteiger partial charge in [0.25, 0.3) is 5.91 Å². The predicted octanol–water partition coefficient (Wildman–Crippen LogP) is 3.70. The summed E-state index contributed by atoms with van der Waals surface area (Å²) in [6, 6.07) is 14.5. The minimum atomic E-state index is -0.162. The predicted molar refractivity (Wildman–Crippen MR) is 79.1 cm³/mol. The normalized spacial score (nSPS) is 14.8. The van der Waals surface area contributed by atoms with E-state index in [4.69, 9.17) is 16.9 Å². The van der Waals surface area contributed by atoms with Crippen molar-refractivity contribution in [2.75, 3.05) is 5.32 Å². The Kier molecular flexibility index (Phi) is 3.02. The Balaban J connectivity index is 2.11. The molecule has 0 unspecified atom stereocenters. The van der Waals surface area contributed by atoms with E-state index < -0.39 is 0 Å². The number of carbonyl (C=O) groups excluding carboxylic acids is 1. The molecule has 0 spiro atoms. The van der Waals surface area contributed by atoms with E-state index in [0.717, 1.165) is 16.8 Å². The number of hydrogen-bond donors (Lipinski definition) is 1. The Labute approximate surface area is 121 Å². The zero-order chi connectivity index (χ0) is 14.1. The number of rotatable bonds is 1.